The number of halogens is 1. The average molecular weight is 390 g/mol. The van der Waals surface area contributed by atoms with Crippen molar-refractivity contribution in [2.75, 3.05) is 13.1 Å². The molecule has 2 amide bonds. The molecular weight excluding hydrogens is 371 g/mol. The summed E-state index contributed by atoms with van der Waals surface area (Å²) in [6.07, 6.45) is 2.10. The molecule has 0 radical (unpaired) electrons. The molecular formula is C22H19FN4O2. The van der Waals surface area contributed by atoms with Crippen molar-refractivity contribution in [3.05, 3.63) is 71.2 Å². The predicted molar refractivity (Wildman–Crippen MR) is 107 cm³/mol. The Morgan fingerprint density at radius 2 is 2.00 bits per heavy atom. The highest BCUT2D eigenvalue weighted by Crippen LogP contribution is 2.41. The Morgan fingerprint density at radius 1 is 1.17 bits per heavy atom. The van der Waals surface area contributed by atoms with Crippen LogP contribution in [0.25, 0.3) is 10.9 Å². The van der Waals surface area contributed by atoms with Gasteiger partial charge in [0.05, 0.1) is 11.9 Å². The minimum atomic E-state index is -1.15. The van der Waals surface area contributed by atoms with Crippen LogP contribution in [-0.2, 0) is 21.5 Å². The van der Waals surface area contributed by atoms with Crippen LogP contribution in [0.15, 0.2) is 53.6 Å². The molecule has 1 saturated heterocycles. The van der Waals surface area contributed by atoms with E-state index in [1.54, 1.807) is 24.0 Å². The summed E-state index contributed by atoms with van der Waals surface area (Å²) in [6, 6.07) is 13.8. The molecule has 3 aromatic rings. The van der Waals surface area contributed by atoms with Gasteiger partial charge in [-0.25, -0.2) is 9.40 Å². The summed E-state index contributed by atoms with van der Waals surface area (Å²) < 4.78 is 13.4. The van der Waals surface area contributed by atoms with E-state index in [2.05, 4.69) is 10.1 Å². The third-order valence-corrected chi connectivity index (χ3v) is 5.86. The van der Waals surface area contributed by atoms with E-state index in [1.165, 1.54) is 23.4 Å². The number of aromatic nitrogens is 1. The second-order valence-electron chi connectivity index (χ2n) is 7.55. The summed E-state index contributed by atoms with van der Waals surface area (Å²) in [5.74, 6) is -0.826. The van der Waals surface area contributed by atoms with Crippen LogP contribution in [0.1, 0.15) is 23.7 Å². The van der Waals surface area contributed by atoms with E-state index in [4.69, 9.17) is 0 Å². The Kier molecular flexibility index (Phi) is 3.81. The zero-order valence-corrected chi connectivity index (χ0v) is 15.9. The van der Waals surface area contributed by atoms with E-state index in [9.17, 15) is 14.0 Å². The lowest BCUT2D eigenvalue weighted by Crippen LogP contribution is -2.65. The minimum Gasteiger partial charge on any atom is -0.356 e. The van der Waals surface area contributed by atoms with E-state index >= 15 is 0 Å². The maximum Gasteiger partial charge on any atom is 0.275 e. The SMILES string of the molecule is C[C@@]12C(=O)N(/N=C/c3cccc(F)c3)CC(=O)N1CCc1c2[nH]c2ccccc12. The molecule has 29 heavy (non-hydrogen) atoms. The smallest absolute Gasteiger partial charge is 0.275 e. The van der Waals surface area contributed by atoms with E-state index in [-0.39, 0.29) is 24.2 Å². The van der Waals surface area contributed by atoms with Crippen molar-refractivity contribution in [1.82, 2.24) is 14.9 Å². The molecule has 146 valence electrons. The monoisotopic (exact) mass is 390 g/mol. The van der Waals surface area contributed by atoms with Crippen molar-refractivity contribution >= 4 is 28.9 Å². The summed E-state index contributed by atoms with van der Waals surface area (Å²) >= 11 is 0. The number of H-pyrrole nitrogens is 1. The standard InChI is InChI=1S/C22H19FN4O2/c1-22-20-17(16-7-2-3-8-18(16)25-20)9-10-26(22)19(28)13-27(21(22)29)24-12-14-5-4-6-15(23)11-14/h2-8,11-12,25H,9-10,13H2,1H3/b24-12+/t22-/m1/s1. The second kappa shape index (κ2) is 6.27. The number of carbonyl (C=O) groups is 2. The van der Waals surface area contributed by atoms with Gasteiger partial charge >= 0.3 is 0 Å². The van der Waals surface area contributed by atoms with Gasteiger partial charge in [0, 0.05) is 17.4 Å². The van der Waals surface area contributed by atoms with Gasteiger partial charge in [0.1, 0.15) is 12.4 Å². The lowest BCUT2D eigenvalue weighted by molar-refractivity contribution is -0.165. The zero-order valence-electron chi connectivity index (χ0n) is 15.9. The Morgan fingerprint density at radius 3 is 2.83 bits per heavy atom. The molecule has 2 aliphatic heterocycles. The van der Waals surface area contributed by atoms with E-state index in [0.29, 0.717) is 18.5 Å². The average Bonchev–Trinajstić information content (AvgIpc) is 3.10. The first kappa shape index (κ1) is 17.6. The Labute approximate surface area is 166 Å². The summed E-state index contributed by atoms with van der Waals surface area (Å²) in [6.45, 7) is 2.12. The number of aromatic amines is 1. The third kappa shape index (κ3) is 2.57. The van der Waals surface area contributed by atoms with Crippen LogP contribution in [0, 0.1) is 5.82 Å². The molecule has 7 heteroatoms. The van der Waals surface area contributed by atoms with Gasteiger partial charge in [0.25, 0.3) is 5.91 Å². The maximum absolute atomic E-state index is 13.5. The molecule has 0 bridgehead atoms. The van der Waals surface area contributed by atoms with Crippen LogP contribution in [0.5, 0.6) is 0 Å². The molecule has 1 aromatic heterocycles. The summed E-state index contributed by atoms with van der Waals surface area (Å²) in [4.78, 5) is 31.3. The lowest BCUT2D eigenvalue weighted by Gasteiger charge is -2.48. The Balaban J connectivity index is 1.57. The molecule has 0 aliphatic carbocycles. The lowest BCUT2D eigenvalue weighted by atomic mass is 9.83. The van der Waals surface area contributed by atoms with Gasteiger partial charge in [-0.2, -0.15) is 5.10 Å². The molecule has 2 aromatic carbocycles. The number of piperazine rings is 1. The first-order valence-electron chi connectivity index (χ1n) is 9.50. The first-order chi connectivity index (χ1) is 14.0. The van der Waals surface area contributed by atoms with Crippen LogP contribution >= 0.6 is 0 Å². The largest absolute Gasteiger partial charge is 0.356 e. The highest BCUT2D eigenvalue weighted by molar-refractivity contribution is 6.01. The molecule has 2 aliphatic rings. The number of hydrogen-bond donors (Lipinski definition) is 1. The second-order valence-corrected chi connectivity index (χ2v) is 7.55. The van der Waals surface area contributed by atoms with Gasteiger partial charge in [-0.3, -0.25) is 9.59 Å². The van der Waals surface area contributed by atoms with Crippen LogP contribution in [0.4, 0.5) is 4.39 Å². The van der Waals surface area contributed by atoms with Crippen molar-refractivity contribution < 1.29 is 14.0 Å². The van der Waals surface area contributed by atoms with E-state index in [1.807, 2.05) is 24.3 Å². The Bertz CT molecular complexity index is 1180. The van der Waals surface area contributed by atoms with Gasteiger partial charge in [-0.15, -0.1) is 0 Å². The number of benzene rings is 2. The fraction of sp³-hybridized carbons (Fsp3) is 0.227. The number of hydrogen-bond acceptors (Lipinski definition) is 3. The molecule has 5 rings (SSSR count). The molecule has 1 fully saturated rings. The summed E-state index contributed by atoms with van der Waals surface area (Å²) in [5.41, 5.74) is 2.13. The van der Waals surface area contributed by atoms with Crippen LogP contribution in [0.3, 0.4) is 0 Å². The number of nitrogens with one attached hydrogen (secondary N) is 1. The predicted octanol–water partition coefficient (Wildman–Crippen LogP) is 2.78. The third-order valence-electron chi connectivity index (χ3n) is 5.86. The topological polar surface area (TPSA) is 68.8 Å². The summed E-state index contributed by atoms with van der Waals surface area (Å²) in [7, 11) is 0. The van der Waals surface area contributed by atoms with Crippen LogP contribution < -0.4 is 0 Å². The molecule has 3 heterocycles. The zero-order chi connectivity index (χ0) is 20.2. The number of rotatable bonds is 2. The molecule has 1 N–H and O–H groups in total. The maximum atomic E-state index is 13.5. The quantitative estimate of drug-likeness (QED) is 0.684. The van der Waals surface area contributed by atoms with Crippen molar-refractivity contribution in [2.45, 2.75) is 18.9 Å². The van der Waals surface area contributed by atoms with Crippen molar-refractivity contribution in [3.63, 3.8) is 0 Å². The fourth-order valence-corrected chi connectivity index (χ4v) is 4.41. The van der Waals surface area contributed by atoms with Gasteiger partial charge in [0.2, 0.25) is 5.91 Å². The number of hydrazone groups is 1. The van der Waals surface area contributed by atoms with Crippen LogP contribution in [0.2, 0.25) is 0 Å². The fourth-order valence-electron chi connectivity index (χ4n) is 4.41. The first-order valence-corrected chi connectivity index (χ1v) is 9.50. The molecule has 0 spiro atoms. The van der Waals surface area contributed by atoms with Gasteiger partial charge < -0.3 is 9.88 Å². The number of para-hydroxylation sites is 1. The molecule has 0 unspecified atom stereocenters. The highest BCUT2D eigenvalue weighted by Gasteiger charge is 2.54. The number of nitrogens with zero attached hydrogens (tertiary/aromatic N) is 3. The summed E-state index contributed by atoms with van der Waals surface area (Å²) in [5, 5.41) is 6.48. The normalized spacial score (nSPS) is 21.7. The number of fused-ring (bicyclic) bond motifs is 5. The minimum absolute atomic E-state index is 0.129. The van der Waals surface area contributed by atoms with Crippen molar-refractivity contribution in [1.29, 1.82) is 0 Å². The van der Waals surface area contributed by atoms with Crippen LogP contribution in [-0.4, -0.2) is 46.0 Å². The van der Waals surface area contributed by atoms with Gasteiger partial charge in [0.15, 0.2) is 5.54 Å². The molecule has 0 saturated carbocycles. The number of amides is 2. The molecule has 6 nitrogen and oxygen atoms in total. The van der Waals surface area contributed by atoms with Gasteiger partial charge in [-0.05, 0) is 42.7 Å². The van der Waals surface area contributed by atoms with E-state index in [0.717, 1.165) is 22.2 Å². The van der Waals surface area contributed by atoms with Crippen molar-refractivity contribution in [2.24, 2.45) is 5.10 Å². The van der Waals surface area contributed by atoms with Crippen molar-refractivity contribution in [3.8, 4) is 0 Å². The number of carbonyl (C=O) groups excluding carboxylic acids is 2. The Hall–Kier alpha value is -3.48. The van der Waals surface area contributed by atoms with E-state index < -0.39 is 5.54 Å². The highest BCUT2D eigenvalue weighted by atomic mass is 19.1. The van der Waals surface area contributed by atoms with Gasteiger partial charge in [-0.1, -0.05) is 30.3 Å². The molecule has 1 atom stereocenters.